The van der Waals surface area contributed by atoms with Crippen molar-refractivity contribution in [3.05, 3.63) is 0 Å². The molecule has 1 fully saturated rings. The fraction of sp³-hybridized carbons (Fsp3) is 1.00. The molecular weight excluding hydrogens is 200 g/mol. The van der Waals surface area contributed by atoms with Gasteiger partial charge in [0.25, 0.3) is 0 Å². The van der Waals surface area contributed by atoms with Gasteiger partial charge >= 0.3 is 0 Å². The quantitative estimate of drug-likeness (QED) is 0.751. The lowest BCUT2D eigenvalue weighted by Gasteiger charge is -2.43. The summed E-state index contributed by atoms with van der Waals surface area (Å²) in [6, 6.07) is 0.845. The van der Waals surface area contributed by atoms with Crippen molar-refractivity contribution in [3.63, 3.8) is 0 Å². The molecule has 0 bridgehead atoms. The minimum Gasteiger partial charge on any atom is -0.395 e. The Morgan fingerprint density at radius 2 is 2.06 bits per heavy atom. The molecule has 0 aromatic heterocycles. The van der Waals surface area contributed by atoms with Gasteiger partial charge in [-0.1, -0.05) is 27.2 Å². The lowest BCUT2D eigenvalue weighted by molar-refractivity contribution is 0.0336. The predicted molar refractivity (Wildman–Crippen MR) is 68.3 cm³/mol. The molecule has 1 aliphatic rings. The van der Waals surface area contributed by atoms with Crippen LogP contribution in [0, 0.1) is 5.92 Å². The zero-order valence-corrected chi connectivity index (χ0v) is 11.0. The van der Waals surface area contributed by atoms with Gasteiger partial charge in [0, 0.05) is 18.1 Å². The molecule has 1 saturated heterocycles. The van der Waals surface area contributed by atoms with Crippen LogP contribution in [0.15, 0.2) is 0 Å². The number of hydrogen-bond donors (Lipinski definition) is 2. The molecule has 1 rings (SSSR count). The van der Waals surface area contributed by atoms with Gasteiger partial charge in [-0.2, -0.15) is 0 Å². The maximum atomic E-state index is 9.59. The highest BCUT2D eigenvalue weighted by atomic mass is 16.3. The Labute approximate surface area is 100 Å². The predicted octanol–water partition coefficient (Wildman–Crippen LogP) is 1.60. The third-order valence-electron chi connectivity index (χ3n) is 3.97. The average molecular weight is 228 g/mol. The number of piperidine rings is 1. The number of hydrogen-bond acceptors (Lipinski definition) is 3. The Bertz CT molecular complexity index is 194. The molecule has 3 atom stereocenters. The van der Waals surface area contributed by atoms with E-state index in [0.29, 0.717) is 12.0 Å². The molecule has 16 heavy (non-hydrogen) atoms. The van der Waals surface area contributed by atoms with Gasteiger partial charge in [-0.3, -0.25) is 4.90 Å². The summed E-state index contributed by atoms with van der Waals surface area (Å²) in [5, 5.41) is 9.59. The fourth-order valence-corrected chi connectivity index (χ4v) is 2.79. The molecule has 3 nitrogen and oxygen atoms in total. The number of aliphatic hydroxyl groups excluding tert-OH is 1. The summed E-state index contributed by atoms with van der Waals surface area (Å²) in [4.78, 5) is 2.45. The van der Waals surface area contributed by atoms with Crippen molar-refractivity contribution >= 4 is 0 Å². The number of nitrogens with two attached hydrogens (primary N) is 1. The normalized spacial score (nSPS) is 27.0. The van der Waals surface area contributed by atoms with Crippen molar-refractivity contribution < 1.29 is 5.11 Å². The molecule has 0 aromatic carbocycles. The van der Waals surface area contributed by atoms with Gasteiger partial charge < -0.3 is 10.8 Å². The first-order valence-corrected chi connectivity index (χ1v) is 6.74. The molecule has 3 unspecified atom stereocenters. The largest absolute Gasteiger partial charge is 0.395 e. The molecule has 0 amide bonds. The van der Waals surface area contributed by atoms with Crippen LogP contribution in [0.3, 0.4) is 0 Å². The molecule has 1 heterocycles. The molecule has 3 heteroatoms. The standard InChI is InChI=1S/C13H28N2O/c1-4-11-7-5-6-8-15(11)12(9-16)13(14)10(2)3/h10-13,16H,4-9,14H2,1-3H3. The Balaban J connectivity index is 2.68. The van der Waals surface area contributed by atoms with Gasteiger partial charge in [0.1, 0.15) is 0 Å². The number of rotatable bonds is 5. The first-order valence-electron chi connectivity index (χ1n) is 6.74. The monoisotopic (exact) mass is 228 g/mol. The number of likely N-dealkylation sites (tertiary alicyclic amines) is 1. The molecule has 0 saturated carbocycles. The lowest BCUT2D eigenvalue weighted by atomic mass is 9.91. The third kappa shape index (κ3) is 3.19. The highest BCUT2D eigenvalue weighted by Gasteiger charge is 2.32. The lowest BCUT2D eigenvalue weighted by Crippen LogP contribution is -2.57. The zero-order chi connectivity index (χ0) is 12.1. The van der Waals surface area contributed by atoms with Crippen LogP contribution in [0.4, 0.5) is 0 Å². The van der Waals surface area contributed by atoms with Crippen LogP contribution < -0.4 is 5.73 Å². The van der Waals surface area contributed by atoms with E-state index in [-0.39, 0.29) is 18.7 Å². The summed E-state index contributed by atoms with van der Waals surface area (Å²) in [6.45, 7) is 7.80. The second-order valence-corrected chi connectivity index (χ2v) is 5.37. The topological polar surface area (TPSA) is 49.5 Å². The average Bonchev–Trinajstić information content (AvgIpc) is 2.30. The summed E-state index contributed by atoms with van der Waals surface area (Å²) in [7, 11) is 0. The summed E-state index contributed by atoms with van der Waals surface area (Å²) in [5.41, 5.74) is 6.22. The Hall–Kier alpha value is -0.120. The maximum absolute atomic E-state index is 9.59. The molecule has 0 aliphatic carbocycles. The summed E-state index contributed by atoms with van der Waals surface area (Å²) >= 11 is 0. The summed E-state index contributed by atoms with van der Waals surface area (Å²) in [6.07, 6.45) is 5.00. The fourth-order valence-electron chi connectivity index (χ4n) is 2.79. The molecule has 1 aliphatic heterocycles. The van der Waals surface area contributed by atoms with E-state index in [2.05, 4.69) is 25.7 Å². The van der Waals surface area contributed by atoms with Crippen LogP contribution in [-0.4, -0.2) is 41.3 Å². The van der Waals surface area contributed by atoms with E-state index in [1.165, 1.54) is 25.7 Å². The molecule has 96 valence electrons. The van der Waals surface area contributed by atoms with Gasteiger partial charge in [0.2, 0.25) is 0 Å². The highest BCUT2D eigenvalue weighted by Crippen LogP contribution is 2.24. The van der Waals surface area contributed by atoms with Crippen LogP contribution in [0.5, 0.6) is 0 Å². The summed E-state index contributed by atoms with van der Waals surface area (Å²) < 4.78 is 0. The van der Waals surface area contributed by atoms with E-state index in [4.69, 9.17) is 5.73 Å². The first-order chi connectivity index (χ1) is 7.61. The van der Waals surface area contributed by atoms with Gasteiger partial charge in [-0.25, -0.2) is 0 Å². The van der Waals surface area contributed by atoms with Crippen molar-refractivity contribution in [2.24, 2.45) is 11.7 Å². The van der Waals surface area contributed by atoms with E-state index >= 15 is 0 Å². The van der Waals surface area contributed by atoms with Crippen molar-refractivity contribution in [1.29, 1.82) is 0 Å². The number of aliphatic hydroxyl groups is 1. The van der Waals surface area contributed by atoms with E-state index in [1.807, 2.05) is 0 Å². The zero-order valence-electron chi connectivity index (χ0n) is 11.0. The second kappa shape index (κ2) is 6.58. The second-order valence-electron chi connectivity index (χ2n) is 5.37. The Kier molecular flexibility index (Phi) is 5.73. The van der Waals surface area contributed by atoms with Crippen LogP contribution in [0.25, 0.3) is 0 Å². The maximum Gasteiger partial charge on any atom is 0.0602 e. The Morgan fingerprint density at radius 3 is 2.56 bits per heavy atom. The van der Waals surface area contributed by atoms with E-state index in [9.17, 15) is 5.11 Å². The molecular formula is C13H28N2O. The van der Waals surface area contributed by atoms with E-state index < -0.39 is 0 Å². The third-order valence-corrected chi connectivity index (χ3v) is 3.97. The molecule has 0 aromatic rings. The van der Waals surface area contributed by atoms with Crippen LogP contribution >= 0.6 is 0 Å². The Morgan fingerprint density at radius 1 is 1.38 bits per heavy atom. The van der Waals surface area contributed by atoms with Gasteiger partial charge in [0.05, 0.1) is 6.61 Å². The molecule has 0 spiro atoms. The number of nitrogens with zero attached hydrogens (tertiary/aromatic N) is 1. The first kappa shape index (κ1) is 13.9. The summed E-state index contributed by atoms with van der Waals surface area (Å²) in [5.74, 6) is 0.427. The van der Waals surface area contributed by atoms with Gasteiger partial charge in [0.15, 0.2) is 0 Å². The van der Waals surface area contributed by atoms with Crippen molar-refractivity contribution in [1.82, 2.24) is 4.90 Å². The van der Waals surface area contributed by atoms with Crippen LogP contribution in [-0.2, 0) is 0 Å². The van der Waals surface area contributed by atoms with Crippen molar-refractivity contribution in [2.45, 2.75) is 64.6 Å². The van der Waals surface area contributed by atoms with Crippen LogP contribution in [0.2, 0.25) is 0 Å². The smallest absolute Gasteiger partial charge is 0.0602 e. The van der Waals surface area contributed by atoms with Crippen LogP contribution in [0.1, 0.15) is 46.5 Å². The van der Waals surface area contributed by atoms with Gasteiger partial charge in [-0.15, -0.1) is 0 Å². The highest BCUT2D eigenvalue weighted by molar-refractivity contribution is 4.89. The minimum absolute atomic E-state index is 0.0807. The van der Waals surface area contributed by atoms with E-state index in [1.54, 1.807) is 0 Å². The minimum atomic E-state index is 0.0807. The molecule has 3 N–H and O–H groups in total. The molecule has 0 radical (unpaired) electrons. The van der Waals surface area contributed by atoms with Crippen molar-refractivity contribution in [3.8, 4) is 0 Å². The van der Waals surface area contributed by atoms with Crippen molar-refractivity contribution in [2.75, 3.05) is 13.2 Å². The van der Waals surface area contributed by atoms with E-state index in [0.717, 1.165) is 6.54 Å². The SMILES string of the molecule is CCC1CCCCN1C(CO)C(N)C(C)C. The van der Waals surface area contributed by atoms with Gasteiger partial charge in [-0.05, 0) is 31.7 Å².